The summed E-state index contributed by atoms with van der Waals surface area (Å²) in [4.78, 5) is 10.6. The number of hydrogen-bond acceptors (Lipinski definition) is 4. The Balaban J connectivity index is 1.55. The molecular weight excluding hydrogens is 368 g/mol. The van der Waals surface area contributed by atoms with Gasteiger partial charge < -0.3 is 20.1 Å². The molecule has 1 aromatic rings. The highest BCUT2D eigenvalue weighted by Gasteiger charge is 2.46. The van der Waals surface area contributed by atoms with Gasteiger partial charge in [-0.05, 0) is 55.7 Å². The van der Waals surface area contributed by atoms with Gasteiger partial charge in [-0.25, -0.2) is 0 Å². The van der Waals surface area contributed by atoms with Crippen molar-refractivity contribution in [1.82, 2.24) is 0 Å². The Labute approximate surface area is 172 Å². The third kappa shape index (κ3) is 5.71. The van der Waals surface area contributed by atoms with Crippen LogP contribution in [0.25, 0.3) is 0 Å². The van der Waals surface area contributed by atoms with Crippen LogP contribution in [-0.4, -0.2) is 39.6 Å². The molecule has 0 saturated carbocycles. The minimum absolute atomic E-state index is 0.0565. The molecule has 158 valence electrons. The highest BCUT2D eigenvalue weighted by molar-refractivity contribution is 5.66. The van der Waals surface area contributed by atoms with Gasteiger partial charge in [0.2, 0.25) is 0 Å². The predicted octanol–water partition coefficient (Wildman–Crippen LogP) is 4.41. The Hall–Kier alpha value is -2.11. The van der Waals surface area contributed by atoms with Crippen molar-refractivity contribution in [2.75, 3.05) is 0 Å². The van der Waals surface area contributed by atoms with Crippen LogP contribution in [0.15, 0.2) is 48.6 Å². The fraction of sp³-hybridized carbons (Fsp3) is 0.542. The number of aliphatic hydroxyl groups is 1. The number of carboxylic acids is 1. The first-order valence-electron chi connectivity index (χ1n) is 10.6. The van der Waals surface area contributed by atoms with Gasteiger partial charge in [-0.3, -0.25) is 4.79 Å². The van der Waals surface area contributed by atoms with Crippen molar-refractivity contribution >= 4 is 5.97 Å². The third-order valence-electron chi connectivity index (χ3n) is 6.28. The van der Waals surface area contributed by atoms with Gasteiger partial charge >= 0.3 is 5.97 Å². The number of aliphatic carboxylic acids is 1. The average molecular weight is 401 g/mol. The van der Waals surface area contributed by atoms with Crippen LogP contribution in [0.5, 0.6) is 5.75 Å². The summed E-state index contributed by atoms with van der Waals surface area (Å²) >= 11 is 0. The van der Waals surface area contributed by atoms with E-state index in [1.807, 2.05) is 25.1 Å². The normalized spacial score (nSPS) is 28.3. The smallest absolute Gasteiger partial charge is 0.303 e. The second kappa shape index (κ2) is 10.1. The molecule has 2 heterocycles. The number of fused-ring (bicyclic) bond motifs is 2. The van der Waals surface area contributed by atoms with Crippen LogP contribution in [0.2, 0.25) is 0 Å². The molecule has 2 saturated heterocycles. The molecule has 3 rings (SSSR count). The number of phenolic OH excluding ortho intramolecular Hbond substituents is 1. The molecule has 2 fully saturated rings. The summed E-state index contributed by atoms with van der Waals surface area (Å²) in [6, 6.07) is 6.97. The van der Waals surface area contributed by atoms with Gasteiger partial charge in [-0.15, -0.1) is 0 Å². The fourth-order valence-electron chi connectivity index (χ4n) is 4.51. The molecule has 0 spiro atoms. The Morgan fingerprint density at radius 2 is 1.93 bits per heavy atom. The fourth-order valence-corrected chi connectivity index (χ4v) is 4.51. The van der Waals surface area contributed by atoms with Crippen molar-refractivity contribution in [2.45, 2.75) is 69.7 Å². The summed E-state index contributed by atoms with van der Waals surface area (Å²) in [7, 11) is 0. The van der Waals surface area contributed by atoms with E-state index < -0.39 is 12.1 Å². The summed E-state index contributed by atoms with van der Waals surface area (Å²) in [5.41, 5.74) is 0.991. The van der Waals surface area contributed by atoms with Gasteiger partial charge in [-0.1, -0.05) is 43.4 Å². The van der Waals surface area contributed by atoms with E-state index in [2.05, 4.69) is 18.2 Å². The van der Waals surface area contributed by atoms with Crippen molar-refractivity contribution in [3.05, 3.63) is 54.1 Å². The molecular formula is C24H32O5. The zero-order valence-corrected chi connectivity index (χ0v) is 17.0. The van der Waals surface area contributed by atoms with Crippen molar-refractivity contribution in [3.8, 4) is 5.75 Å². The van der Waals surface area contributed by atoms with Crippen LogP contribution in [0.4, 0.5) is 0 Å². The second-order valence-corrected chi connectivity index (χ2v) is 8.28. The molecule has 5 heteroatoms. The SMILES string of the molecule is C[C@@H](c1ccc(O)cc1)[C@@H](O)/C=C/[C@H]1[C@@H](C/C=C\CCCC(=O)O)[C@@H]2CC[C@H]1O2. The van der Waals surface area contributed by atoms with Crippen LogP contribution in [0.1, 0.15) is 56.9 Å². The predicted molar refractivity (Wildman–Crippen MR) is 112 cm³/mol. The maximum absolute atomic E-state index is 10.6. The zero-order chi connectivity index (χ0) is 20.8. The lowest BCUT2D eigenvalue weighted by atomic mass is 9.77. The number of carbonyl (C=O) groups is 1. The lowest BCUT2D eigenvalue weighted by Gasteiger charge is -2.25. The topological polar surface area (TPSA) is 87.0 Å². The van der Waals surface area contributed by atoms with E-state index in [-0.39, 0.29) is 30.3 Å². The van der Waals surface area contributed by atoms with Crippen LogP contribution in [0, 0.1) is 11.8 Å². The molecule has 0 aliphatic carbocycles. The van der Waals surface area contributed by atoms with Crippen LogP contribution in [-0.2, 0) is 9.53 Å². The lowest BCUT2D eigenvalue weighted by molar-refractivity contribution is -0.137. The number of ether oxygens (including phenoxy) is 1. The van der Waals surface area contributed by atoms with Crippen molar-refractivity contribution in [1.29, 1.82) is 0 Å². The van der Waals surface area contributed by atoms with Gasteiger partial charge in [-0.2, -0.15) is 0 Å². The van der Waals surface area contributed by atoms with E-state index in [1.165, 1.54) is 0 Å². The quantitative estimate of drug-likeness (QED) is 0.400. The Morgan fingerprint density at radius 1 is 1.21 bits per heavy atom. The summed E-state index contributed by atoms with van der Waals surface area (Å²) in [5, 5.41) is 28.8. The number of carboxylic acid groups (broad SMARTS) is 1. The van der Waals surface area contributed by atoms with E-state index in [0.29, 0.717) is 18.3 Å². The number of aromatic hydroxyl groups is 1. The second-order valence-electron chi connectivity index (χ2n) is 8.28. The minimum Gasteiger partial charge on any atom is -0.508 e. The first-order valence-corrected chi connectivity index (χ1v) is 10.6. The maximum Gasteiger partial charge on any atom is 0.303 e. The standard InChI is InChI=1S/C24H32O5/c1-16(17-8-10-18(25)11-9-17)21(26)13-12-20-19(22-14-15-23(20)29-22)6-4-2-3-5-7-24(27)28/h2,4,8-13,16,19-23,25-26H,3,5-7,14-15H2,1H3,(H,27,28)/b4-2-,13-12+/t16-,19+,20-,21-,22-,23+/m0/s1. The van der Waals surface area contributed by atoms with E-state index >= 15 is 0 Å². The Bertz CT molecular complexity index is 723. The molecule has 1 aromatic carbocycles. The highest BCUT2D eigenvalue weighted by Crippen LogP contribution is 2.46. The van der Waals surface area contributed by atoms with Gasteiger partial charge in [0.25, 0.3) is 0 Å². The van der Waals surface area contributed by atoms with Gasteiger partial charge in [0, 0.05) is 18.3 Å². The molecule has 3 N–H and O–H groups in total. The third-order valence-corrected chi connectivity index (χ3v) is 6.28. The van der Waals surface area contributed by atoms with E-state index in [1.54, 1.807) is 12.1 Å². The number of benzene rings is 1. The summed E-state index contributed by atoms with van der Waals surface area (Å²) in [5.74, 6) is 0.143. The Morgan fingerprint density at radius 3 is 2.66 bits per heavy atom. The van der Waals surface area contributed by atoms with E-state index in [0.717, 1.165) is 31.2 Å². The number of unbranched alkanes of at least 4 members (excludes halogenated alkanes) is 1. The summed E-state index contributed by atoms with van der Waals surface area (Å²) in [6.07, 6.45) is 13.0. The number of hydrogen-bond donors (Lipinski definition) is 3. The first kappa shape index (κ1) is 21.6. The minimum atomic E-state index is -0.745. The van der Waals surface area contributed by atoms with E-state index in [4.69, 9.17) is 9.84 Å². The number of rotatable bonds is 10. The molecule has 0 aromatic heterocycles. The van der Waals surface area contributed by atoms with Crippen LogP contribution >= 0.6 is 0 Å². The molecule has 2 aliphatic heterocycles. The number of allylic oxidation sites excluding steroid dienone is 2. The van der Waals surface area contributed by atoms with Gasteiger partial charge in [0.15, 0.2) is 0 Å². The van der Waals surface area contributed by atoms with Crippen molar-refractivity contribution in [2.24, 2.45) is 11.8 Å². The molecule has 0 amide bonds. The molecule has 5 nitrogen and oxygen atoms in total. The highest BCUT2D eigenvalue weighted by atomic mass is 16.5. The molecule has 29 heavy (non-hydrogen) atoms. The molecule has 2 bridgehead atoms. The zero-order valence-electron chi connectivity index (χ0n) is 17.0. The summed E-state index contributed by atoms with van der Waals surface area (Å²) in [6.45, 7) is 1.98. The van der Waals surface area contributed by atoms with Crippen molar-refractivity contribution in [3.63, 3.8) is 0 Å². The monoisotopic (exact) mass is 400 g/mol. The van der Waals surface area contributed by atoms with Crippen LogP contribution < -0.4 is 0 Å². The first-order chi connectivity index (χ1) is 14.0. The number of aliphatic hydroxyl groups excluding tert-OH is 1. The van der Waals surface area contributed by atoms with Crippen LogP contribution in [0.3, 0.4) is 0 Å². The van der Waals surface area contributed by atoms with Gasteiger partial charge in [0.05, 0.1) is 18.3 Å². The van der Waals surface area contributed by atoms with E-state index in [9.17, 15) is 15.0 Å². The molecule has 6 atom stereocenters. The summed E-state index contributed by atoms with van der Waals surface area (Å²) < 4.78 is 6.13. The van der Waals surface area contributed by atoms with Gasteiger partial charge in [0.1, 0.15) is 5.75 Å². The Kier molecular flexibility index (Phi) is 7.51. The average Bonchev–Trinajstić information content (AvgIpc) is 3.30. The largest absolute Gasteiger partial charge is 0.508 e. The van der Waals surface area contributed by atoms with Crippen molar-refractivity contribution < 1.29 is 24.9 Å². The molecule has 0 radical (unpaired) electrons. The molecule has 2 aliphatic rings. The molecule has 0 unspecified atom stereocenters. The lowest BCUT2D eigenvalue weighted by Crippen LogP contribution is -2.26. The maximum atomic E-state index is 10.6. The number of phenols is 1.